The first kappa shape index (κ1) is 13.8. The summed E-state index contributed by atoms with van der Waals surface area (Å²) in [5, 5.41) is 4.32. The van der Waals surface area contributed by atoms with Crippen LogP contribution in [0.2, 0.25) is 0 Å². The first-order valence-electron chi connectivity index (χ1n) is 4.90. The summed E-state index contributed by atoms with van der Waals surface area (Å²) in [6.45, 7) is 1.50. The second kappa shape index (κ2) is 4.19. The smallest absolute Gasteiger partial charge is 0.312 e. The van der Waals surface area contributed by atoms with Gasteiger partial charge in [0.05, 0.1) is 5.25 Å². The molecular formula is C9H10BrNO5S2. The van der Waals surface area contributed by atoms with Crippen molar-refractivity contribution in [1.29, 1.82) is 0 Å². The van der Waals surface area contributed by atoms with Crippen molar-refractivity contribution in [2.45, 2.75) is 23.5 Å². The highest BCUT2D eigenvalue weighted by Gasteiger charge is 2.34. The molecule has 1 aliphatic rings. The van der Waals surface area contributed by atoms with Crippen LogP contribution in [-0.4, -0.2) is 22.1 Å². The Kier molecular flexibility index (Phi) is 3.21. The maximum atomic E-state index is 11.6. The Hall–Kier alpha value is -0.640. The second-order valence-corrected chi connectivity index (χ2v) is 8.43. The summed E-state index contributed by atoms with van der Waals surface area (Å²) < 4.78 is 51.5. The Morgan fingerprint density at radius 2 is 2.06 bits per heavy atom. The predicted molar refractivity (Wildman–Crippen MR) is 68.2 cm³/mol. The van der Waals surface area contributed by atoms with Gasteiger partial charge in [-0.25, -0.2) is 13.6 Å². The van der Waals surface area contributed by atoms with E-state index >= 15 is 0 Å². The number of rotatable bonds is 1. The molecule has 1 heterocycles. The molecule has 0 radical (unpaired) electrons. The number of benzene rings is 1. The first-order valence-corrected chi connectivity index (χ1v) is 8.71. The highest BCUT2D eigenvalue weighted by Crippen LogP contribution is 2.37. The fourth-order valence-electron chi connectivity index (χ4n) is 1.69. The van der Waals surface area contributed by atoms with Crippen molar-refractivity contribution in [1.82, 2.24) is 0 Å². The van der Waals surface area contributed by atoms with E-state index in [4.69, 9.17) is 9.32 Å². The van der Waals surface area contributed by atoms with E-state index in [0.717, 1.165) is 0 Å². The number of halogens is 1. The van der Waals surface area contributed by atoms with Crippen molar-refractivity contribution in [2.24, 2.45) is 5.14 Å². The van der Waals surface area contributed by atoms with Gasteiger partial charge in [-0.1, -0.05) is 15.9 Å². The van der Waals surface area contributed by atoms with Gasteiger partial charge in [0.2, 0.25) is 10.0 Å². The Morgan fingerprint density at radius 3 is 2.61 bits per heavy atom. The molecule has 2 rings (SSSR count). The predicted octanol–water partition coefficient (Wildman–Crippen LogP) is 0.750. The van der Waals surface area contributed by atoms with Gasteiger partial charge in [0.15, 0.2) is 5.75 Å². The van der Waals surface area contributed by atoms with Crippen LogP contribution in [0.5, 0.6) is 5.75 Å². The van der Waals surface area contributed by atoms with E-state index in [1.54, 1.807) is 6.07 Å². The minimum absolute atomic E-state index is 0.180. The Balaban J connectivity index is 2.75. The Bertz CT molecular complexity index is 711. The van der Waals surface area contributed by atoms with Crippen LogP contribution in [0.4, 0.5) is 0 Å². The van der Waals surface area contributed by atoms with Gasteiger partial charge < -0.3 is 4.18 Å². The van der Waals surface area contributed by atoms with Gasteiger partial charge in [0.1, 0.15) is 4.90 Å². The molecule has 0 amide bonds. The summed E-state index contributed by atoms with van der Waals surface area (Å²) in [7, 11) is -7.86. The van der Waals surface area contributed by atoms with E-state index < -0.39 is 25.4 Å². The highest BCUT2D eigenvalue weighted by atomic mass is 79.9. The Labute approximate surface area is 113 Å². The zero-order valence-corrected chi connectivity index (χ0v) is 12.5. The molecule has 2 N–H and O–H groups in total. The van der Waals surface area contributed by atoms with Crippen molar-refractivity contribution in [3.05, 3.63) is 22.2 Å². The maximum absolute atomic E-state index is 11.6. The summed E-state index contributed by atoms with van der Waals surface area (Å²) in [4.78, 5) is -0.331. The molecule has 1 aromatic carbocycles. The largest absolute Gasteiger partial charge is 0.380 e. The third kappa shape index (κ3) is 2.40. The molecule has 0 saturated heterocycles. The zero-order chi connectivity index (χ0) is 13.7. The molecule has 0 aromatic heterocycles. The molecule has 0 saturated carbocycles. The minimum Gasteiger partial charge on any atom is -0.380 e. The molecule has 100 valence electrons. The lowest BCUT2D eigenvalue weighted by atomic mass is 10.1. The molecule has 0 bridgehead atoms. The molecule has 9 heteroatoms. The van der Waals surface area contributed by atoms with Crippen molar-refractivity contribution in [3.63, 3.8) is 0 Å². The highest BCUT2D eigenvalue weighted by molar-refractivity contribution is 9.10. The summed E-state index contributed by atoms with van der Waals surface area (Å²) in [6, 6.07) is 2.84. The first-order chi connectivity index (χ1) is 8.11. The normalized spacial score (nSPS) is 22.1. The Morgan fingerprint density at radius 1 is 1.44 bits per heavy atom. The standard InChI is InChI=1S/C9H10BrNO5S2/c1-5-2-6-3-7(10)4-8(17(11,12)13)9(6)16-18(5,14)15/h3-5H,2H2,1H3,(H2,11,12,13). The molecule has 0 fully saturated rings. The van der Waals surface area contributed by atoms with Gasteiger partial charge in [-0.05, 0) is 31.0 Å². The van der Waals surface area contributed by atoms with Crippen molar-refractivity contribution in [2.75, 3.05) is 0 Å². The number of hydrogen-bond donors (Lipinski definition) is 1. The lowest BCUT2D eigenvalue weighted by molar-refractivity contribution is 0.449. The third-order valence-electron chi connectivity index (χ3n) is 2.60. The molecule has 1 unspecified atom stereocenters. The number of fused-ring (bicyclic) bond motifs is 1. The number of primary sulfonamides is 1. The summed E-state index contributed by atoms with van der Waals surface area (Å²) in [6.07, 6.45) is 0.180. The minimum atomic E-state index is -4.05. The zero-order valence-electron chi connectivity index (χ0n) is 9.25. The fraction of sp³-hybridized carbons (Fsp3) is 0.333. The third-order valence-corrected chi connectivity index (χ3v) is 5.53. The summed E-state index contributed by atoms with van der Waals surface area (Å²) in [5.41, 5.74) is 0.496. The van der Waals surface area contributed by atoms with Crippen LogP contribution in [0.3, 0.4) is 0 Å². The molecule has 1 aliphatic heterocycles. The average Bonchev–Trinajstić information content (AvgIpc) is 2.18. The summed E-state index contributed by atoms with van der Waals surface area (Å²) in [5.74, 6) is -0.196. The van der Waals surface area contributed by atoms with E-state index in [1.807, 2.05) is 0 Å². The molecule has 1 aromatic rings. The van der Waals surface area contributed by atoms with Gasteiger partial charge in [0, 0.05) is 4.47 Å². The number of nitrogens with two attached hydrogens (primary N) is 1. The SMILES string of the molecule is CC1Cc2cc(Br)cc(S(N)(=O)=O)c2OS1(=O)=O. The lowest BCUT2D eigenvalue weighted by Gasteiger charge is -2.23. The van der Waals surface area contributed by atoms with E-state index in [-0.39, 0.29) is 17.1 Å². The van der Waals surface area contributed by atoms with E-state index in [2.05, 4.69) is 15.9 Å². The van der Waals surface area contributed by atoms with Crippen LogP contribution in [0, 0.1) is 0 Å². The molecular weight excluding hydrogens is 346 g/mol. The quantitative estimate of drug-likeness (QED) is 0.748. The van der Waals surface area contributed by atoms with Crippen LogP contribution < -0.4 is 9.32 Å². The van der Waals surface area contributed by atoms with Crippen molar-refractivity contribution < 1.29 is 21.0 Å². The van der Waals surface area contributed by atoms with Crippen molar-refractivity contribution in [3.8, 4) is 5.75 Å². The van der Waals surface area contributed by atoms with Crippen LogP contribution in [-0.2, 0) is 26.6 Å². The van der Waals surface area contributed by atoms with Gasteiger partial charge in [0.25, 0.3) is 0 Å². The van der Waals surface area contributed by atoms with Crippen molar-refractivity contribution >= 4 is 36.1 Å². The van der Waals surface area contributed by atoms with Gasteiger partial charge in [-0.15, -0.1) is 0 Å². The fourth-order valence-corrected chi connectivity index (χ4v) is 4.10. The summed E-state index contributed by atoms with van der Waals surface area (Å²) >= 11 is 3.16. The van der Waals surface area contributed by atoms with Crippen LogP contribution in [0.15, 0.2) is 21.5 Å². The van der Waals surface area contributed by atoms with E-state index in [9.17, 15) is 16.8 Å². The van der Waals surface area contributed by atoms with Gasteiger partial charge in [-0.3, -0.25) is 0 Å². The van der Waals surface area contributed by atoms with Gasteiger partial charge >= 0.3 is 10.1 Å². The molecule has 0 aliphatic carbocycles. The van der Waals surface area contributed by atoms with E-state index in [0.29, 0.717) is 10.0 Å². The topological polar surface area (TPSA) is 104 Å². The van der Waals surface area contributed by atoms with Crippen LogP contribution >= 0.6 is 15.9 Å². The second-order valence-electron chi connectivity index (χ2n) is 4.03. The molecule has 18 heavy (non-hydrogen) atoms. The van der Waals surface area contributed by atoms with Crippen LogP contribution in [0.1, 0.15) is 12.5 Å². The number of sulfonamides is 1. The molecule has 6 nitrogen and oxygen atoms in total. The van der Waals surface area contributed by atoms with E-state index in [1.165, 1.54) is 13.0 Å². The number of hydrogen-bond acceptors (Lipinski definition) is 5. The lowest BCUT2D eigenvalue weighted by Crippen LogP contribution is -2.31. The molecule has 0 spiro atoms. The van der Waals surface area contributed by atoms with Gasteiger partial charge in [-0.2, -0.15) is 8.42 Å². The van der Waals surface area contributed by atoms with Crippen LogP contribution in [0.25, 0.3) is 0 Å². The monoisotopic (exact) mass is 355 g/mol. The maximum Gasteiger partial charge on any atom is 0.312 e. The average molecular weight is 356 g/mol. The molecule has 1 atom stereocenters.